The number of nitrogens with one attached hydrogen (secondary N) is 1. The molecule has 0 saturated carbocycles. The van der Waals surface area contributed by atoms with E-state index < -0.39 is 17.5 Å². The van der Waals surface area contributed by atoms with Gasteiger partial charge in [-0.15, -0.1) is 0 Å². The second-order valence-electron chi connectivity index (χ2n) is 7.21. The summed E-state index contributed by atoms with van der Waals surface area (Å²) in [5, 5.41) is 3.23. The molecular formula is C23H20BrNO7. The first-order valence-electron chi connectivity index (χ1n) is 10.0. The molecule has 1 aliphatic heterocycles. The number of hydrogen-bond acceptors (Lipinski definition) is 7. The molecule has 0 radical (unpaired) electrons. The van der Waals surface area contributed by atoms with Crippen LogP contribution in [0, 0.1) is 0 Å². The molecule has 1 amide bonds. The quantitative estimate of drug-likeness (QED) is 0.300. The largest absolute Gasteiger partial charge is 0.482 e. The Kier molecular flexibility index (Phi) is 6.87. The number of benzene rings is 2. The number of carbonyl (C=O) groups excluding carboxylic acids is 2. The number of esters is 1. The van der Waals surface area contributed by atoms with Crippen molar-refractivity contribution in [1.29, 1.82) is 0 Å². The van der Waals surface area contributed by atoms with Crippen LogP contribution >= 0.6 is 15.9 Å². The van der Waals surface area contributed by atoms with Crippen LogP contribution in [0.15, 0.2) is 62.2 Å². The highest BCUT2D eigenvalue weighted by Gasteiger charge is 2.19. The highest BCUT2D eigenvalue weighted by molar-refractivity contribution is 9.10. The van der Waals surface area contributed by atoms with Crippen LogP contribution in [0.5, 0.6) is 11.5 Å². The van der Waals surface area contributed by atoms with Gasteiger partial charge in [-0.25, -0.2) is 9.59 Å². The first kappa shape index (κ1) is 22.0. The Balaban J connectivity index is 1.39. The van der Waals surface area contributed by atoms with E-state index in [0.717, 1.165) is 17.3 Å². The molecule has 1 aliphatic rings. The molecule has 2 heterocycles. The monoisotopic (exact) mass is 501 g/mol. The molecule has 8 nitrogen and oxygen atoms in total. The van der Waals surface area contributed by atoms with Crippen LogP contribution in [0.3, 0.4) is 0 Å². The summed E-state index contributed by atoms with van der Waals surface area (Å²) < 4.78 is 22.3. The molecular weight excluding hydrogens is 482 g/mol. The number of amides is 1. The lowest BCUT2D eigenvalue weighted by molar-refractivity contribution is -0.136. The topological polar surface area (TPSA) is 104 Å². The van der Waals surface area contributed by atoms with Crippen molar-refractivity contribution in [2.24, 2.45) is 0 Å². The lowest BCUT2D eigenvalue weighted by Crippen LogP contribution is -2.34. The fourth-order valence-corrected chi connectivity index (χ4v) is 3.52. The van der Waals surface area contributed by atoms with E-state index in [-0.39, 0.29) is 29.6 Å². The fourth-order valence-electron chi connectivity index (χ4n) is 3.25. The van der Waals surface area contributed by atoms with Crippen molar-refractivity contribution in [3.8, 4) is 11.5 Å². The van der Waals surface area contributed by atoms with Crippen LogP contribution in [0.4, 0.5) is 0 Å². The van der Waals surface area contributed by atoms with E-state index in [2.05, 4.69) is 21.2 Å². The average molecular weight is 502 g/mol. The van der Waals surface area contributed by atoms with Crippen LogP contribution in [0.1, 0.15) is 23.2 Å². The maximum absolute atomic E-state index is 12.4. The summed E-state index contributed by atoms with van der Waals surface area (Å²) in [6.07, 6.45) is 1.81. The Hall–Kier alpha value is -3.17. The Morgan fingerprint density at radius 1 is 1.09 bits per heavy atom. The smallest absolute Gasteiger partial charge is 0.349 e. The minimum absolute atomic E-state index is 0.0311. The van der Waals surface area contributed by atoms with Gasteiger partial charge in [0.2, 0.25) is 0 Å². The highest BCUT2D eigenvalue weighted by Crippen LogP contribution is 2.21. The molecule has 1 fully saturated rings. The zero-order chi connectivity index (χ0) is 22.5. The van der Waals surface area contributed by atoms with Gasteiger partial charge in [0.25, 0.3) is 5.91 Å². The Labute approximate surface area is 191 Å². The third-order valence-electron chi connectivity index (χ3n) is 4.87. The molecule has 1 unspecified atom stereocenters. The van der Waals surface area contributed by atoms with E-state index in [4.69, 9.17) is 18.6 Å². The SMILES string of the molecule is O=C(COc1ccc(Br)cc1)Oc1ccc2cc(C(=O)NCC3CCCO3)c(=O)oc2c1. The third kappa shape index (κ3) is 5.54. The normalized spacial score (nSPS) is 15.5. The zero-order valence-corrected chi connectivity index (χ0v) is 18.6. The van der Waals surface area contributed by atoms with Crippen molar-refractivity contribution < 1.29 is 28.2 Å². The summed E-state index contributed by atoms with van der Waals surface area (Å²) >= 11 is 3.32. The maximum atomic E-state index is 12.4. The van der Waals surface area contributed by atoms with Gasteiger partial charge in [-0.2, -0.15) is 0 Å². The van der Waals surface area contributed by atoms with Crippen LogP contribution in [0.2, 0.25) is 0 Å². The van der Waals surface area contributed by atoms with Gasteiger partial charge in [-0.3, -0.25) is 4.79 Å². The van der Waals surface area contributed by atoms with Crippen molar-refractivity contribution in [3.05, 3.63) is 69.0 Å². The lowest BCUT2D eigenvalue weighted by Gasteiger charge is -2.10. The van der Waals surface area contributed by atoms with E-state index in [0.29, 0.717) is 24.3 Å². The summed E-state index contributed by atoms with van der Waals surface area (Å²) in [5.74, 6) is -0.405. The van der Waals surface area contributed by atoms with Crippen molar-refractivity contribution in [1.82, 2.24) is 5.32 Å². The summed E-state index contributed by atoms with van der Waals surface area (Å²) in [4.78, 5) is 36.7. The molecule has 1 N–H and O–H groups in total. The van der Waals surface area contributed by atoms with Gasteiger partial charge in [-0.05, 0) is 55.3 Å². The Morgan fingerprint density at radius 3 is 2.62 bits per heavy atom. The number of fused-ring (bicyclic) bond motifs is 1. The maximum Gasteiger partial charge on any atom is 0.349 e. The third-order valence-corrected chi connectivity index (χ3v) is 5.40. The van der Waals surface area contributed by atoms with Gasteiger partial charge in [0.05, 0.1) is 6.10 Å². The number of hydrogen-bond donors (Lipinski definition) is 1. The predicted molar refractivity (Wildman–Crippen MR) is 119 cm³/mol. The highest BCUT2D eigenvalue weighted by atomic mass is 79.9. The van der Waals surface area contributed by atoms with Crippen molar-refractivity contribution >= 4 is 38.8 Å². The molecule has 1 aromatic heterocycles. The Bertz CT molecular complexity index is 1180. The summed E-state index contributed by atoms with van der Waals surface area (Å²) in [7, 11) is 0. The van der Waals surface area contributed by atoms with Gasteiger partial charge < -0.3 is 23.9 Å². The minimum Gasteiger partial charge on any atom is -0.482 e. The predicted octanol–water partition coefficient (Wildman–Crippen LogP) is 3.45. The lowest BCUT2D eigenvalue weighted by atomic mass is 10.1. The molecule has 0 aliphatic carbocycles. The van der Waals surface area contributed by atoms with Gasteiger partial charge in [-0.1, -0.05) is 15.9 Å². The molecule has 1 atom stereocenters. The number of carbonyl (C=O) groups is 2. The van der Waals surface area contributed by atoms with Crippen LogP contribution in [-0.2, 0) is 9.53 Å². The first-order chi connectivity index (χ1) is 15.5. The molecule has 9 heteroatoms. The molecule has 0 bridgehead atoms. The van der Waals surface area contributed by atoms with Gasteiger partial charge >= 0.3 is 11.6 Å². The van der Waals surface area contributed by atoms with Crippen LogP contribution in [-0.4, -0.2) is 37.7 Å². The zero-order valence-electron chi connectivity index (χ0n) is 17.0. The van der Waals surface area contributed by atoms with Crippen LogP contribution < -0.4 is 20.4 Å². The fraction of sp³-hybridized carbons (Fsp3) is 0.261. The van der Waals surface area contributed by atoms with Gasteiger partial charge in [0.15, 0.2) is 6.61 Å². The minimum atomic E-state index is -0.774. The summed E-state index contributed by atoms with van der Waals surface area (Å²) in [6.45, 7) is 0.739. The van der Waals surface area contributed by atoms with E-state index in [1.165, 1.54) is 12.1 Å². The average Bonchev–Trinajstić information content (AvgIpc) is 3.30. The van der Waals surface area contributed by atoms with Crippen molar-refractivity contribution in [2.75, 3.05) is 19.8 Å². The van der Waals surface area contributed by atoms with Gasteiger partial charge in [0, 0.05) is 29.1 Å². The van der Waals surface area contributed by atoms with E-state index in [1.54, 1.807) is 36.4 Å². The van der Waals surface area contributed by atoms with E-state index >= 15 is 0 Å². The second kappa shape index (κ2) is 9.97. The number of halogens is 1. The van der Waals surface area contributed by atoms with Crippen LogP contribution in [0.25, 0.3) is 11.0 Å². The second-order valence-corrected chi connectivity index (χ2v) is 8.12. The number of ether oxygens (including phenoxy) is 3. The summed E-state index contributed by atoms with van der Waals surface area (Å²) in [5.41, 5.74) is -0.669. The van der Waals surface area contributed by atoms with E-state index in [9.17, 15) is 14.4 Å². The molecule has 4 rings (SSSR count). The number of rotatable bonds is 7. The van der Waals surface area contributed by atoms with Crippen molar-refractivity contribution in [3.63, 3.8) is 0 Å². The molecule has 3 aromatic rings. The molecule has 0 spiro atoms. The van der Waals surface area contributed by atoms with Gasteiger partial charge in [0.1, 0.15) is 22.6 Å². The standard InChI is InChI=1S/C23H20BrNO7/c24-15-4-7-16(8-5-15)30-13-21(26)31-17-6-3-14-10-19(23(28)32-20(14)11-17)22(27)25-12-18-2-1-9-29-18/h3-8,10-11,18H,1-2,9,12-13H2,(H,25,27). The molecule has 166 valence electrons. The van der Waals surface area contributed by atoms with E-state index in [1.807, 2.05) is 0 Å². The first-order valence-corrected chi connectivity index (χ1v) is 10.8. The van der Waals surface area contributed by atoms with Crippen molar-refractivity contribution in [2.45, 2.75) is 18.9 Å². The molecule has 2 aromatic carbocycles. The summed E-state index contributed by atoms with van der Waals surface area (Å²) in [6, 6.07) is 13.1. The molecule has 32 heavy (non-hydrogen) atoms. The molecule has 1 saturated heterocycles. The Morgan fingerprint density at radius 2 is 1.88 bits per heavy atom.